The van der Waals surface area contributed by atoms with Crippen molar-refractivity contribution in [2.45, 2.75) is 33.1 Å². The first kappa shape index (κ1) is 20.9. The number of aliphatic imine (C=N–C) groups is 1. The predicted molar refractivity (Wildman–Crippen MR) is 118 cm³/mol. The Kier molecular flexibility index (Phi) is 5.22. The predicted octanol–water partition coefficient (Wildman–Crippen LogP) is 4.05. The molecule has 2 heterocycles. The van der Waals surface area contributed by atoms with E-state index in [0.717, 1.165) is 4.47 Å². The monoisotopic (exact) mass is 486 g/mol. The van der Waals surface area contributed by atoms with Crippen molar-refractivity contribution >= 4 is 38.9 Å². The number of halogens is 1. The van der Waals surface area contributed by atoms with Crippen LogP contribution in [0.3, 0.4) is 0 Å². The third-order valence-electron chi connectivity index (χ3n) is 4.54. The van der Waals surface area contributed by atoms with Gasteiger partial charge in [0.15, 0.2) is 11.5 Å². The molecule has 9 heteroatoms. The summed E-state index contributed by atoms with van der Waals surface area (Å²) in [6.45, 7) is 5.02. The largest absolute Gasteiger partial charge is 0.494 e. The van der Waals surface area contributed by atoms with E-state index in [1.165, 1.54) is 13.1 Å². The maximum absolute atomic E-state index is 12.1. The first-order valence-corrected chi connectivity index (χ1v) is 10.2. The van der Waals surface area contributed by atoms with Gasteiger partial charge in [0.2, 0.25) is 17.4 Å². The summed E-state index contributed by atoms with van der Waals surface area (Å²) in [5.41, 5.74) is 0.710. The second kappa shape index (κ2) is 7.73. The van der Waals surface area contributed by atoms with Gasteiger partial charge in [-0.25, -0.2) is 0 Å². The molecule has 8 nitrogen and oxygen atoms in total. The van der Waals surface area contributed by atoms with Gasteiger partial charge in [0.1, 0.15) is 0 Å². The van der Waals surface area contributed by atoms with Gasteiger partial charge in [-0.05, 0) is 35.9 Å². The van der Waals surface area contributed by atoms with Gasteiger partial charge in [-0.2, -0.15) is 0 Å². The molecule has 2 aromatic carbocycles. The van der Waals surface area contributed by atoms with Crippen molar-refractivity contribution in [3.05, 3.63) is 56.3 Å². The van der Waals surface area contributed by atoms with Gasteiger partial charge in [0.25, 0.3) is 5.56 Å². The van der Waals surface area contributed by atoms with E-state index in [1.807, 2.05) is 0 Å². The van der Waals surface area contributed by atoms with Crippen molar-refractivity contribution < 1.29 is 24.1 Å². The minimum absolute atomic E-state index is 0.208. The Morgan fingerprint density at radius 1 is 1.26 bits per heavy atom. The lowest BCUT2D eigenvalue weighted by atomic mass is 10.1. The van der Waals surface area contributed by atoms with Crippen molar-refractivity contribution in [1.82, 2.24) is 4.98 Å². The maximum Gasteiger partial charge on any atom is 0.308 e. The standard InChI is InChI=1S/C22H19BrN2O6/c1-11(26)29-17-6-12(7-18-19(17)31-22(2,3)30-18)9-24-10-16-15-8-13(23)4-5-14(15)20(27)25-21(16)28/h4-8,10H,9H2,1-3H3,(H2,25,27,28). The van der Waals surface area contributed by atoms with Gasteiger partial charge in [-0.3, -0.25) is 19.6 Å². The molecule has 0 bridgehead atoms. The van der Waals surface area contributed by atoms with E-state index in [0.29, 0.717) is 33.4 Å². The summed E-state index contributed by atoms with van der Waals surface area (Å²) in [6.07, 6.45) is 1.49. The van der Waals surface area contributed by atoms with E-state index in [-0.39, 0.29) is 23.7 Å². The zero-order chi connectivity index (χ0) is 22.3. The Morgan fingerprint density at radius 3 is 2.77 bits per heavy atom. The van der Waals surface area contributed by atoms with E-state index in [2.05, 4.69) is 25.9 Å². The number of rotatable bonds is 4. The molecule has 0 atom stereocenters. The number of nitrogens with zero attached hydrogens (tertiary/aromatic N) is 1. The highest BCUT2D eigenvalue weighted by Crippen LogP contribution is 2.47. The van der Waals surface area contributed by atoms with Gasteiger partial charge < -0.3 is 19.3 Å². The summed E-state index contributed by atoms with van der Waals surface area (Å²) in [5.74, 6) is -0.564. The normalized spacial score (nSPS) is 14.3. The SMILES string of the molecule is CC(=O)Oc1cc(CN=Cc2c(O)[nH]c(=O)c3ccc(Br)cc23)cc2c1OC(C)(C)O2. The number of hydrogen-bond donors (Lipinski definition) is 2. The smallest absolute Gasteiger partial charge is 0.308 e. The zero-order valence-corrected chi connectivity index (χ0v) is 18.6. The number of nitrogens with one attached hydrogen (secondary N) is 1. The molecule has 1 aliphatic rings. The number of aromatic nitrogens is 1. The first-order chi connectivity index (χ1) is 14.6. The van der Waals surface area contributed by atoms with Crippen LogP contribution in [-0.4, -0.2) is 28.1 Å². The van der Waals surface area contributed by atoms with Gasteiger partial charge in [-0.1, -0.05) is 15.9 Å². The minimum atomic E-state index is -0.882. The Balaban J connectivity index is 1.68. The highest BCUT2D eigenvalue weighted by atomic mass is 79.9. The molecule has 0 radical (unpaired) electrons. The molecular weight excluding hydrogens is 468 g/mol. The Bertz CT molecular complexity index is 1300. The average molecular weight is 487 g/mol. The van der Waals surface area contributed by atoms with Crippen LogP contribution >= 0.6 is 15.9 Å². The van der Waals surface area contributed by atoms with Crippen molar-refractivity contribution in [3.63, 3.8) is 0 Å². The van der Waals surface area contributed by atoms with Gasteiger partial charge in [0, 0.05) is 42.2 Å². The number of esters is 1. The second-order valence-electron chi connectivity index (χ2n) is 7.49. The lowest BCUT2D eigenvalue weighted by Crippen LogP contribution is -2.29. The van der Waals surface area contributed by atoms with E-state index in [1.54, 1.807) is 44.2 Å². The van der Waals surface area contributed by atoms with Crippen LogP contribution in [-0.2, 0) is 11.3 Å². The molecule has 160 valence electrons. The van der Waals surface area contributed by atoms with Crippen LogP contribution in [0.5, 0.6) is 23.1 Å². The number of carbonyl (C=O) groups excluding carboxylic acids is 1. The molecule has 2 N–H and O–H groups in total. The zero-order valence-electron chi connectivity index (χ0n) is 17.0. The van der Waals surface area contributed by atoms with Crippen LogP contribution in [0.1, 0.15) is 31.9 Å². The fraction of sp³-hybridized carbons (Fsp3) is 0.227. The Labute approximate surface area is 185 Å². The van der Waals surface area contributed by atoms with E-state index >= 15 is 0 Å². The fourth-order valence-electron chi connectivity index (χ4n) is 3.34. The van der Waals surface area contributed by atoms with E-state index in [4.69, 9.17) is 14.2 Å². The lowest BCUT2D eigenvalue weighted by Gasteiger charge is -2.16. The topological polar surface area (TPSA) is 110 Å². The van der Waals surface area contributed by atoms with Crippen LogP contribution in [0, 0.1) is 0 Å². The number of fused-ring (bicyclic) bond motifs is 2. The van der Waals surface area contributed by atoms with Crippen molar-refractivity contribution in [2.24, 2.45) is 4.99 Å². The number of H-pyrrole nitrogens is 1. The number of benzene rings is 2. The highest BCUT2D eigenvalue weighted by molar-refractivity contribution is 9.10. The third kappa shape index (κ3) is 4.27. The van der Waals surface area contributed by atoms with Gasteiger partial charge in [-0.15, -0.1) is 0 Å². The van der Waals surface area contributed by atoms with Crippen LogP contribution in [0.25, 0.3) is 10.8 Å². The molecule has 3 aromatic rings. The van der Waals surface area contributed by atoms with Crippen LogP contribution in [0.4, 0.5) is 0 Å². The number of ether oxygens (including phenoxy) is 3. The van der Waals surface area contributed by atoms with Crippen molar-refractivity contribution in [3.8, 4) is 23.1 Å². The van der Waals surface area contributed by atoms with Crippen LogP contribution in [0.2, 0.25) is 0 Å². The molecule has 0 aliphatic carbocycles. The molecule has 4 rings (SSSR count). The molecule has 0 saturated heterocycles. The summed E-state index contributed by atoms with van der Waals surface area (Å²) < 4.78 is 17.6. The molecule has 0 spiro atoms. The van der Waals surface area contributed by atoms with Gasteiger partial charge in [0.05, 0.1) is 12.1 Å². The summed E-state index contributed by atoms with van der Waals surface area (Å²) in [6, 6.07) is 8.58. The van der Waals surface area contributed by atoms with Gasteiger partial charge >= 0.3 is 5.97 Å². The first-order valence-electron chi connectivity index (χ1n) is 9.40. The quantitative estimate of drug-likeness (QED) is 0.327. The van der Waals surface area contributed by atoms with Crippen LogP contribution < -0.4 is 19.8 Å². The van der Waals surface area contributed by atoms with Crippen LogP contribution in [0.15, 0.2) is 44.6 Å². The summed E-state index contributed by atoms with van der Waals surface area (Å²) in [5, 5.41) is 11.2. The maximum atomic E-state index is 12.1. The van der Waals surface area contributed by atoms with Crippen molar-refractivity contribution in [2.75, 3.05) is 0 Å². The second-order valence-corrected chi connectivity index (χ2v) is 8.41. The van der Waals surface area contributed by atoms with E-state index < -0.39 is 11.8 Å². The summed E-state index contributed by atoms with van der Waals surface area (Å²) in [7, 11) is 0. The number of pyridine rings is 1. The number of aromatic amines is 1. The molecule has 1 aliphatic heterocycles. The minimum Gasteiger partial charge on any atom is -0.494 e. The Hall–Kier alpha value is -3.33. The molecule has 0 amide bonds. The lowest BCUT2D eigenvalue weighted by molar-refractivity contribution is -0.132. The number of aromatic hydroxyl groups is 1. The fourth-order valence-corrected chi connectivity index (χ4v) is 3.70. The van der Waals surface area contributed by atoms with Crippen molar-refractivity contribution in [1.29, 1.82) is 0 Å². The van der Waals surface area contributed by atoms with E-state index in [9.17, 15) is 14.7 Å². The highest BCUT2D eigenvalue weighted by Gasteiger charge is 2.35. The Morgan fingerprint density at radius 2 is 2.03 bits per heavy atom. The third-order valence-corrected chi connectivity index (χ3v) is 5.03. The number of carbonyl (C=O) groups is 1. The molecular formula is C22H19BrN2O6. The average Bonchev–Trinajstić information content (AvgIpc) is 2.98. The summed E-state index contributed by atoms with van der Waals surface area (Å²) in [4.78, 5) is 30.4. The molecule has 1 aromatic heterocycles. The molecule has 0 fully saturated rings. The molecule has 0 unspecified atom stereocenters. The molecule has 31 heavy (non-hydrogen) atoms. The number of hydrogen-bond acceptors (Lipinski definition) is 7. The molecule has 0 saturated carbocycles. The summed E-state index contributed by atoms with van der Waals surface area (Å²) >= 11 is 3.38.